The van der Waals surface area contributed by atoms with Crippen LogP contribution in [0.3, 0.4) is 0 Å². The van der Waals surface area contributed by atoms with Crippen LogP contribution in [0.1, 0.15) is 13.3 Å². The number of hydrogen-bond donors (Lipinski definition) is 0. The van der Waals surface area contributed by atoms with Crippen LogP contribution in [0.4, 0.5) is 0 Å². The van der Waals surface area contributed by atoms with Gasteiger partial charge in [0.15, 0.2) is 4.80 Å². The number of para-hydroxylation sites is 1. The Morgan fingerprint density at radius 3 is 2.72 bits per heavy atom. The molecule has 1 amide bonds. The summed E-state index contributed by atoms with van der Waals surface area (Å²) in [5.41, 5.74) is 1.00. The highest BCUT2D eigenvalue weighted by Crippen LogP contribution is 2.27. The number of nitrogens with zero attached hydrogens (tertiary/aromatic N) is 2. The number of benzene rings is 2. The van der Waals surface area contributed by atoms with Crippen molar-refractivity contribution < 1.29 is 9.53 Å². The highest BCUT2D eigenvalue weighted by Gasteiger charge is 2.11. The molecular weight excluding hydrogens is 352 g/mol. The molecule has 0 N–H and O–H groups in total. The Kier molecular flexibility index (Phi) is 5.94. The maximum atomic E-state index is 12.3. The Balaban J connectivity index is 1.79. The number of fused-ring (bicyclic) bond motifs is 1. The van der Waals surface area contributed by atoms with Crippen molar-refractivity contribution in [2.75, 3.05) is 12.9 Å². The number of thiazole rings is 1. The lowest BCUT2D eigenvalue weighted by atomic mass is 10.3. The van der Waals surface area contributed by atoms with Crippen molar-refractivity contribution in [1.29, 1.82) is 0 Å². The molecule has 0 fully saturated rings. The van der Waals surface area contributed by atoms with E-state index in [1.54, 1.807) is 18.9 Å². The molecule has 3 rings (SSSR count). The second kappa shape index (κ2) is 8.36. The van der Waals surface area contributed by atoms with Crippen molar-refractivity contribution in [3.8, 4) is 5.75 Å². The van der Waals surface area contributed by atoms with Crippen LogP contribution in [0, 0.1) is 0 Å². The van der Waals surface area contributed by atoms with Crippen LogP contribution in [0.15, 0.2) is 58.4 Å². The summed E-state index contributed by atoms with van der Waals surface area (Å²) in [7, 11) is 1.66. The second-order valence-electron chi connectivity index (χ2n) is 5.35. The molecule has 3 aromatic rings. The van der Waals surface area contributed by atoms with Gasteiger partial charge in [0.05, 0.1) is 11.8 Å². The standard InChI is InChI=1S/C19H20N2O2S2/c1-3-21-18-15(23-2)10-7-11-16(18)25-19(21)20-17(22)12-13-24-14-8-5-4-6-9-14/h4-11H,3,12-13H2,1-2H3. The molecule has 2 aromatic carbocycles. The molecule has 0 unspecified atom stereocenters. The zero-order valence-electron chi connectivity index (χ0n) is 14.3. The summed E-state index contributed by atoms with van der Waals surface area (Å²) in [6, 6.07) is 16.0. The highest BCUT2D eigenvalue weighted by molar-refractivity contribution is 7.99. The monoisotopic (exact) mass is 372 g/mol. The zero-order chi connectivity index (χ0) is 17.6. The van der Waals surface area contributed by atoms with Gasteiger partial charge in [0.25, 0.3) is 0 Å². The zero-order valence-corrected chi connectivity index (χ0v) is 15.9. The maximum absolute atomic E-state index is 12.3. The number of amides is 1. The second-order valence-corrected chi connectivity index (χ2v) is 7.53. The molecule has 0 spiro atoms. The third-order valence-electron chi connectivity index (χ3n) is 3.75. The minimum Gasteiger partial charge on any atom is -0.495 e. The van der Waals surface area contributed by atoms with Gasteiger partial charge in [0.2, 0.25) is 5.91 Å². The molecule has 0 bridgehead atoms. The van der Waals surface area contributed by atoms with E-state index in [4.69, 9.17) is 4.74 Å². The van der Waals surface area contributed by atoms with E-state index in [1.165, 1.54) is 16.2 Å². The van der Waals surface area contributed by atoms with Crippen molar-refractivity contribution >= 4 is 39.2 Å². The van der Waals surface area contributed by atoms with Crippen LogP contribution in [0.5, 0.6) is 5.75 Å². The Morgan fingerprint density at radius 1 is 1.20 bits per heavy atom. The Labute approximate surface area is 155 Å². The van der Waals surface area contributed by atoms with E-state index < -0.39 is 0 Å². The number of aromatic nitrogens is 1. The third-order valence-corrected chi connectivity index (χ3v) is 5.81. The minimum absolute atomic E-state index is 0.0869. The predicted molar refractivity (Wildman–Crippen MR) is 104 cm³/mol. The number of thioether (sulfide) groups is 1. The fourth-order valence-corrected chi connectivity index (χ4v) is 4.57. The Bertz CT molecular complexity index is 929. The van der Waals surface area contributed by atoms with Gasteiger partial charge in [-0.3, -0.25) is 4.79 Å². The van der Waals surface area contributed by atoms with Crippen LogP contribution in [0.25, 0.3) is 10.2 Å². The van der Waals surface area contributed by atoms with Gasteiger partial charge in [0, 0.05) is 23.6 Å². The molecule has 0 saturated carbocycles. The molecular formula is C19H20N2O2S2. The van der Waals surface area contributed by atoms with Crippen LogP contribution < -0.4 is 9.54 Å². The summed E-state index contributed by atoms with van der Waals surface area (Å²) in [5, 5.41) is 0. The van der Waals surface area contributed by atoms with Gasteiger partial charge in [-0.15, -0.1) is 11.8 Å². The van der Waals surface area contributed by atoms with Gasteiger partial charge in [-0.05, 0) is 31.2 Å². The van der Waals surface area contributed by atoms with E-state index in [2.05, 4.69) is 17.1 Å². The van der Waals surface area contributed by atoms with Crippen molar-refractivity contribution in [2.24, 2.45) is 4.99 Å². The summed E-state index contributed by atoms with van der Waals surface area (Å²) in [6.07, 6.45) is 0.425. The molecule has 1 heterocycles. The molecule has 0 aliphatic rings. The molecule has 6 heteroatoms. The summed E-state index contributed by atoms with van der Waals surface area (Å²) in [4.78, 5) is 18.5. The van der Waals surface area contributed by atoms with Crippen LogP contribution in [-0.4, -0.2) is 23.3 Å². The van der Waals surface area contributed by atoms with Crippen LogP contribution in [0.2, 0.25) is 0 Å². The van der Waals surface area contributed by atoms with Crippen molar-refractivity contribution in [1.82, 2.24) is 4.57 Å². The molecule has 0 aliphatic carbocycles. The highest BCUT2D eigenvalue weighted by atomic mass is 32.2. The van der Waals surface area contributed by atoms with E-state index in [9.17, 15) is 4.79 Å². The molecule has 0 atom stereocenters. The Hall–Kier alpha value is -2.05. The number of rotatable bonds is 6. The number of ether oxygens (including phenoxy) is 1. The average molecular weight is 373 g/mol. The lowest BCUT2D eigenvalue weighted by Crippen LogP contribution is -2.16. The molecule has 0 saturated heterocycles. The fraction of sp³-hybridized carbons (Fsp3) is 0.263. The quantitative estimate of drug-likeness (QED) is 0.605. The number of aryl methyl sites for hydroxylation is 1. The lowest BCUT2D eigenvalue weighted by Gasteiger charge is -2.05. The van der Waals surface area contributed by atoms with Crippen LogP contribution >= 0.6 is 23.1 Å². The number of hydrogen-bond acceptors (Lipinski definition) is 4. The molecule has 0 radical (unpaired) electrons. The fourth-order valence-electron chi connectivity index (χ4n) is 2.58. The maximum Gasteiger partial charge on any atom is 0.249 e. The van der Waals surface area contributed by atoms with Gasteiger partial charge in [-0.2, -0.15) is 4.99 Å². The SMILES string of the molecule is CCn1c(=NC(=O)CCSc2ccccc2)sc2cccc(OC)c21. The first-order chi connectivity index (χ1) is 12.2. The largest absolute Gasteiger partial charge is 0.495 e. The van der Waals surface area contributed by atoms with Gasteiger partial charge in [0.1, 0.15) is 11.3 Å². The summed E-state index contributed by atoms with van der Waals surface area (Å²) >= 11 is 3.20. The summed E-state index contributed by atoms with van der Waals surface area (Å²) in [5.74, 6) is 1.45. The van der Waals surface area contributed by atoms with Gasteiger partial charge >= 0.3 is 0 Å². The summed E-state index contributed by atoms with van der Waals surface area (Å²) < 4.78 is 8.58. The minimum atomic E-state index is -0.0869. The van der Waals surface area contributed by atoms with Crippen molar-refractivity contribution in [3.63, 3.8) is 0 Å². The van der Waals surface area contributed by atoms with E-state index in [-0.39, 0.29) is 5.91 Å². The third kappa shape index (κ3) is 4.14. The van der Waals surface area contributed by atoms with E-state index >= 15 is 0 Å². The van der Waals surface area contributed by atoms with Crippen molar-refractivity contribution in [2.45, 2.75) is 24.8 Å². The van der Waals surface area contributed by atoms with Crippen LogP contribution in [-0.2, 0) is 11.3 Å². The molecule has 1 aromatic heterocycles. The van der Waals surface area contributed by atoms with Crippen molar-refractivity contribution in [3.05, 3.63) is 53.3 Å². The first kappa shape index (κ1) is 17.8. The molecule has 130 valence electrons. The smallest absolute Gasteiger partial charge is 0.249 e. The predicted octanol–water partition coefficient (Wildman–Crippen LogP) is 4.34. The van der Waals surface area contributed by atoms with E-state index in [1.807, 2.05) is 47.9 Å². The molecule has 4 nitrogen and oxygen atoms in total. The first-order valence-electron chi connectivity index (χ1n) is 8.14. The Morgan fingerprint density at radius 2 is 2.00 bits per heavy atom. The number of carbonyl (C=O) groups excluding carboxylic acids is 1. The lowest BCUT2D eigenvalue weighted by molar-refractivity contribution is -0.117. The number of methoxy groups -OCH3 is 1. The van der Waals surface area contributed by atoms with Gasteiger partial charge in [-0.25, -0.2) is 0 Å². The summed E-state index contributed by atoms with van der Waals surface area (Å²) in [6.45, 7) is 2.79. The van der Waals surface area contributed by atoms with Gasteiger partial charge < -0.3 is 9.30 Å². The first-order valence-corrected chi connectivity index (χ1v) is 9.95. The average Bonchev–Trinajstić information content (AvgIpc) is 2.99. The topological polar surface area (TPSA) is 43.6 Å². The van der Waals surface area contributed by atoms with E-state index in [0.29, 0.717) is 6.42 Å². The van der Waals surface area contributed by atoms with E-state index in [0.717, 1.165) is 33.1 Å². The number of carbonyl (C=O) groups is 1. The molecule has 0 aliphatic heterocycles. The van der Waals surface area contributed by atoms with Gasteiger partial charge in [-0.1, -0.05) is 35.6 Å². The normalized spacial score (nSPS) is 11.8. The molecule has 25 heavy (non-hydrogen) atoms.